The number of carbonyl (C=O) groups excluding carboxylic acids is 1. The van der Waals surface area contributed by atoms with Gasteiger partial charge in [0.05, 0.1) is 13.2 Å². The molecule has 0 aliphatic carbocycles. The molecule has 0 saturated carbocycles. The number of nitrogens with one attached hydrogen (secondary N) is 1. The van der Waals surface area contributed by atoms with E-state index in [0.717, 1.165) is 6.26 Å². The summed E-state index contributed by atoms with van der Waals surface area (Å²) in [6.45, 7) is 2.96. The lowest BCUT2D eigenvalue weighted by Gasteiger charge is -2.17. The van der Waals surface area contributed by atoms with Crippen LogP contribution in [0.5, 0.6) is 5.75 Å². The average Bonchev–Trinajstić information content (AvgIpc) is 2.36. The van der Waals surface area contributed by atoms with Gasteiger partial charge in [-0.3, -0.25) is 4.79 Å². The quantitative estimate of drug-likeness (QED) is 0.893. The van der Waals surface area contributed by atoms with E-state index in [9.17, 15) is 17.6 Å². The minimum atomic E-state index is -3.45. The molecule has 5 nitrogen and oxygen atoms in total. The third-order valence-corrected chi connectivity index (χ3v) is 4.54. The lowest BCUT2D eigenvalue weighted by molar-refractivity contribution is -0.121. The number of sulfone groups is 1. The molecule has 1 aromatic rings. The second kappa shape index (κ2) is 6.21. The molecule has 1 aromatic carbocycles. The first-order valence-corrected chi connectivity index (χ1v) is 7.95. The molecule has 0 unspecified atom stereocenters. The summed E-state index contributed by atoms with van der Waals surface area (Å²) in [5, 5.41) is 1.40. The van der Waals surface area contributed by atoms with Crippen molar-refractivity contribution in [1.82, 2.24) is 5.32 Å². The molecule has 0 radical (unpaired) electrons. The fraction of sp³-hybridized carbons (Fsp3) is 0.462. The normalized spacial score (nSPS) is 14.4. The largest absolute Gasteiger partial charge is 0.494 e. The Morgan fingerprint density at radius 3 is 2.40 bits per heavy atom. The molecule has 7 heteroatoms. The molecule has 0 fully saturated rings. The highest BCUT2D eigenvalue weighted by molar-refractivity contribution is 7.92. The van der Waals surface area contributed by atoms with Crippen molar-refractivity contribution in [1.29, 1.82) is 0 Å². The SMILES string of the molecule is COc1ccc([C@H](C)NC(=O)[C@H](C)S(C)(=O)=O)cc1F. The topological polar surface area (TPSA) is 72.5 Å². The van der Waals surface area contributed by atoms with Crippen LogP contribution in [0.4, 0.5) is 4.39 Å². The number of rotatable bonds is 5. The molecule has 1 rings (SSSR count). The molecule has 0 aromatic heterocycles. The summed E-state index contributed by atoms with van der Waals surface area (Å²) < 4.78 is 40.9. The van der Waals surface area contributed by atoms with Crippen LogP contribution >= 0.6 is 0 Å². The third-order valence-electron chi connectivity index (χ3n) is 3.05. The fourth-order valence-corrected chi connectivity index (χ4v) is 2.02. The standard InChI is InChI=1S/C13H18FNO4S/c1-8(15-13(16)9(2)20(4,17)18)10-5-6-12(19-3)11(14)7-10/h5-9H,1-4H3,(H,15,16)/t8-,9-/m0/s1. The van der Waals surface area contributed by atoms with Crippen LogP contribution in [-0.2, 0) is 14.6 Å². The van der Waals surface area contributed by atoms with Gasteiger partial charge in [-0.25, -0.2) is 12.8 Å². The number of benzene rings is 1. The van der Waals surface area contributed by atoms with Crippen molar-refractivity contribution in [2.45, 2.75) is 25.1 Å². The maximum absolute atomic E-state index is 13.6. The number of methoxy groups -OCH3 is 1. The molecule has 0 heterocycles. The van der Waals surface area contributed by atoms with Gasteiger partial charge in [0.1, 0.15) is 5.25 Å². The second-order valence-electron chi connectivity index (χ2n) is 4.60. The van der Waals surface area contributed by atoms with Crippen molar-refractivity contribution >= 4 is 15.7 Å². The van der Waals surface area contributed by atoms with Crippen LogP contribution in [-0.4, -0.2) is 32.9 Å². The first-order valence-electron chi connectivity index (χ1n) is 5.99. The van der Waals surface area contributed by atoms with E-state index in [1.807, 2.05) is 0 Å². The average molecular weight is 303 g/mol. The van der Waals surface area contributed by atoms with Gasteiger partial charge < -0.3 is 10.1 Å². The van der Waals surface area contributed by atoms with E-state index in [1.165, 1.54) is 26.2 Å². The first kappa shape index (κ1) is 16.4. The summed E-state index contributed by atoms with van der Waals surface area (Å²) in [5.74, 6) is -1.05. The van der Waals surface area contributed by atoms with Crippen molar-refractivity contribution in [2.75, 3.05) is 13.4 Å². The van der Waals surface area contributed by atoms with Gasteiger partial charge in [-0.1, -0.05) is 6.07 Å². The number of ether oxygens (including phenoxy) is 1. The molecular weight excluding hydrogens is 285 g/mol. The van der Waals surface area contributed by atoms with Gasteiger partial charge in [-0.05, 0) is 31.5 Å². The van der Waals surface area contributed by atoms with E-state index in [2.05, 4.69) is 5.32 Å². The Hall–Kier alpha value is -1.63. The first-order chi connectivity index (χ1) is 9.16. The summed E-state index contributed by atoms with van der Waals surface area (Å²) in [6.07, 6.45) is 0.995. The van der Waals surface area contributed by atoms with Crippen LogP contribution in [0.2, 0.25) is 0 Å². The van der Waals surface area contributed by atoms with Gasteiger partial charge in [-0.2, -0.15) is 0 Å². The highest BCUT2D eigenvalue weighted by Crippen LogP contribution is 2.21. The Kier molecular flexibility index (Phi) is 5.10. The predicted octanol–water partition coefficient (Wildman–Crippen LogP) is 1.44. The number of halogens is 1. The maximum atomic E-state index is 13.6. The summed E-state index contributed by atoms with van der Waals surface area (Å²) in [6, 6.07) is 3.80. The Morgan fingerprint density at radius 2 is 1.95 bits per heavy atom. The maximum Gasteiger partial charge on any atom is 0.238 e. The van der Waals surface area contributed by atoms with Crippen molar-refractivity contribution in [3.8, 4) is 5.75 Å². The summed E-state index contributed by atoms with van der Waals surface area (Å²) >= 11 is 0. The molecule has 20 heavy (non-hydrogen) atoms. The molecule has 0 bridgehead atoms. The van der Waals surface area contributed by atoms with Gasteiger partial charge in [-0.15, -0.1) is 0 Å². The third kappa shape index (κ3) is 3.93. The molecule has 112 valence electrons. The molecule has 2 atom stereocenters. The zero-order valence-corrected chi connectivity index (χ0v) is 12.6. The summed E-state index contributed by atoms with van der Waals surface area (Å²) in [4.78, 5) is 11.8. The molecule has 1 N–H and O–H groups in total. The predicted molar refractivity (Wildman–Crippen MR) is 73.8 cm³/mol. The van der Waals surface area contributed by atoms with Crippen molar-refractivity contribution < 1.29 is 22.3 Å². The number of hydrogen-bond acceptors (Lipinski definition) is 4. The van der Waals surface area contributed by atoms with E-state index in [4.69, 9.17) is 4.74 Å². The van der Waals surface area contributed by atoms with E-state index in [0.29, 0.717) is 5.56 Å². The van der Waals surface area contributed by atoms with Gasteiger partial charge in [0.25, 0.3) is 0 Å². The number of amides is 1. The van der Waals surface area contributed by atoms with Crippen LogP contribution in [0, 0.1) is 5.82 Å². The van der Waals surface area contributed by atoms with Gasteiger partial charge >= 0.3 is 0 Å². The van der Waals surface area contributed by atoms with E-state index >= 15 is 0 Å². The fourth-order valence-electron chi connectivity index (χ4n) is 1.56. The van der Waals surface area contributed by atoms with Gasteiger partial charge in [0.2, 0.25) is 5.91 Å². The van der Waals surface area contributed by atoms with Crippen LogP contribution < -0.4 is 10.1 Å². The van der Waals surface area contributed by atoms with Crippen molar-refractivity contribution in [2.24, 2.45) is 0 Å². The number of carbonyl (C=O) groups is 1. The van der Waals surface area contributed by atoms with E-state index < -0.39 is 32.9 Å². The van der Waals surface area contributed by atoms with Gasteiger partial charge in [0, 0.05) is 6.26 Å². The van der Waals surface area contributed by atoms with Crippen LogP contribution in [0.1, 0.15) is 25.5 Å². The lowest BCUT2D eigenvalue weighted by Crippen LogP contribution is -2.38. The van der Waals surface area contributed by atoms with Crippen molar-refractivity contribution in [3.63, 3.8) is 0 Å². The minimum Gasteiger partial charge on any atom is -0.494 e. The zero-order valence-electron chi connectivity index (χ0n) is 11.8. The highest BCUT2D eigenvalue weighted by Gasteiger charge is 2.25. The van der Waals surface area contributed by atoms with Crippen molar-refractivity contribution in [3.05, 3.63) is 29.6 Å². The molecule has 0 spiro atoms. The summed E-state index contributed by atoms with van der Waals surface area (Å²) in [7, 11) is -2.10. The summed E-state index contributed by atoms with van der Waals surface area (Å²) in [5.41, 5.74) is 0.525. The van der Waals surface area contributed by atoms with E-state index in [1.54, 1.807) is 13.0 Å². The molecule has 0 aliphatic heterocycles. The molecule has 0 saturated heterocycles. The smallest absolute Gasteiger partial charge is 0.238 e. The van der Waals surface area contributed by atoms with Crippen LogP contribution in [0.15, 0.2) is 18.2 Å². The monoisotopic (exact) mass is 303 g/mol. The minimum absolute atomic E-state index is 0.108. The van der Waals surface area contributed by atoms with Crippen LogP contribution in [0.3, 0.4) is 0 Å². The highest BCUT2D eigenvalue weighted by atomic mass is 32.2. The lowest BCUT2D eigenvalue weighted by atomic mass is 10.1. The Labute approximate surface area is 118 Å². The Morgan fingerprint density at radius 1 is 1.35 bits per heavy atom. The molecule has 0 aliphatic rings. The zero-order chi connectivity index (χ0) is 15.5. The Bertz CT molecular complexity index is 600. The van der Waals surface area contributed by atoms with Gasteiger partial charge in [0.15, 0.2) is 21.4 Å². The number of hydrogen-bond donors (Lipinski definition) is 1. The second-order valence-corrected chi connectivity index (χ2v) is 6.96. The Balaban J connectivity index is 2.84. The van der Waals surface area contributed by atoms with Crippen LogP contribution in [0.25, 0.3) is 0 Å². The molecular formula is C13H18FNO4S. The molecule has 1 amide bonds. The van der Waals surface area contributed by atoms with E-state index in [-0.39, 0.29) is 5.75 Å².